The molecule has 5 heteroatoms. The molecule has 0 spiro atoms. The first-order valence-corrected chi connectivity index (χ1v) is 5.97. The second kappa shape index (κ2) is 5.29. The van der Waals surface area contributed by atoms with E-state index in [1.165, 1.54) is 6.21 Å². The van der Waals surface area contributed by atoms with E-state index in [0.29, 0.717) is 20.9 Å². The Bertz CT molecular complexity index is 558. The van der Waals surface area contributed by atoms with Gasteiger partial charge in [0.05, 0.1) is 4.47 Å². The second-order valence-electron chi connectivity index (χ2n) is 3.27. The number of aliphatic imine (C=N–C) groups is 1. The van der Waals surface area contributed by atoms with E-state index in [0.717, 1.165) is 0 Å². The summed E-state index contributed by atoms with van der Waals surface area (Å²) in [5, 5.41) is 10.3. The molecule has 2 rings (SSSR count). The van der Waals surface area contributed by atoms with Crippen LogP contribution in [0.2, 0.25) is 5.02 Å². The average Bonchev–Trinajstić information content (AvgIpc) is 2.33. The second-order valence-corrected chi connectivity index (χ2v) is 4.56. The van der Waals surface area contributed by atoms with Crippen molar-refractivity contribution >= 4 is 39.6 Å². The van der Waals surface area contributed by atoms with Crippen molar-refractivity contribution < 1.29 is 5.11 Å². The Hall–Kier alpha value is -1.39. The fourth-order valence-electron chi connectivity index (χ4n) is 1.25. The zero-order valence-corrected chi connectivity index (χ0v) is 11.0. The molecule has 0 unspecified atom stereocenters. The van der Waals surface area contributed by atoms with Gasteiger partial charge in [-0.1, -0.05) is 17.7 Å². The van der Waals surface area contributed by atoms with Crippen molar-refractivity contribution in [2.75, 3.05) is 0 Å². The lowest BCUT2D eigenvalue weighted by atomic mass is 10.2. The lowest BCUT2D eigenvalue weighted by Crippen LogP contribution is -1.84. The van der Waals surface area contributed by atoms with Crippen LogP contribution in [0.15, 0.2) is 46.0 Å². The topological polar surface area (TPSA) is 45.5 Å². The summed E-state index contributed by atoms with van der Waals surface area (Å²) in [7, 11) is 0. The zero-order valence-electron chi connectivity index (χ0n) is 8.64. The summed E-state index contributed by atoms with van der Waals surface area (Å²) in [6.07, 6.45) is 3.18. The van der Waals surface area contributed by atoms with Crippen molar-refractivity contribution in [2.45, 2.75) is 0 Å². The van der Waals surface area contributed by atoms with Gasteiger partial charge in [0.15, 0.2) is 5.82 Å². The summed E-state index contributed by atoms with van der Waals surface area (Å²) in [5.74, 6) is 0.678. The molecule has 0 aliphatic carbocycles. The fourth-order valence-corrected chi connectivity index (χ4v) is 2.08. The molecule has 0 radical (unpaired) electrons. The SMILES string of the molecule is Oc1c(Br)cc(Cl)cc1/C=N/c1ccccn1. The van der Waals surface area contributed by atoms with E-state index in [2.05, 4.69) is 25.9 Å². The summed E-state index contributed by atoms with van der Waals surface area (Å²) < 4.78 is 0.535. The number of hydrogen-bond donors (Lipinski definition) is 1. The van der Waals surface area contributed by atoms with Crippen molar-refractivity contribution in [3.8, 4) is 5.75 Å². The van der Waals surface area contributed by atoms with Gasteiger partial charge < -0.3 is 5.11 Å². The smallest absolute Gasteiger partial charge is 0.151 e. The van der Waals surface area contributed by atoms with Crippen LogP contribution in [-0.2, 0) is 0 Å². The standard InChI is InChI=1S/C12H8BrClN2O/c13-10-6-9(14)5-8(12(10)17)7-16-11-3-1-2-4-15-11/h1-7,17H/b16-7+. The van der Waals surface area contributed by atoms with E-state index >= 15 is 0 Å². The van der Waals surface area contributed by atoms with E-state index in [1.54, 1.807) is 24.4 Å². The fraction of sp³-hybridized carbons (Fsp3) is 0. The first-order valence-electron chi connectivity index (χ1n) is 4.80. The minimum atomic E-state index is 0.106. The third-order valence-corrected chi connectivity index (χ3v) is 2.87. The maximum Gasteiger partial charge on any atom is 0.151 e. The van der Waals surface area contributed by atoms with Crippen molar-refractivity contribution in [3.63, 3.8) is 0 Å². The number of halogens is 2. The highest BCUT2D eigenvalue weighted by Crippen LogP contribution is 2.30. The number of phenolic OH excluding ortho intramolecular Hbond substituents is 1. The normalized spacial score (nSPS) is 10.9. The van der Waals surface area contributed by atoms with Crippen LogP contribution < -0.4 is 0 Å². The Morgan fingerprint density at radius 1 is 1.35 bits per heavy atom. The van der Waals surface area contributed by atoms with Crippen molar-refractivity contribution in [1.82, 2.24) is 4.98 Å². The minimum absolute atomic E-state index is 0.106. The van der Waals surface area contributed by atoms with Gasteiger partial charge in [0.25, 0.3) is 0 Å². The van der Waals surface area contributed by atoms with Gasteiger partial charge in [-0.25, -0.2) is 9.98 Å². The van der Waals surface area contributed by atoms with Gasteiger partial charge in [0, 0.05) is 23.0 Å². The van der Waals surface area contributed by atoms with Gasteiger partial charge in [-0.05, 0) is 40.2 Å². The molecule has 0 amide bonds. The number of nitrogens with zero attached hydrogens (tertiary/aromatic N) is 2. The predicted molar refractivity (Wildman–Crippen MR) is 72.3 cm³/mol. The highest BCUT2D eigenvalue weighted by molar-refractivity contribution is 9.10. The molecule has 0 aliphatic heterocycles. The first-order chi connectivity index (χ1) is 8.16. The molecule has 1 heterocycles. The van der Waals surface area contributed by atoms with Crippen LogP contribution >= 0.6 is 27.5 Å². The number of rotatable bonds is 2. The van der Waals surface area contributed by atoms with E-state index in [-0.39, 0.29) is 5.75 Å². The van der Waals surface area contributed by atoms with E-state index < -0.39 is 0 Å². The molecule has 0 fully saturated rings. The molecule has 86 valence electrons. The van der Waals surface area contributed by atoms with Crippen molar-refractivity contribution in [2.24, 2.45) is 4.99 Å². The van der Waals surface area contributed by atoms with Crippen LogP contribution in [0.25, 0.3) is 0 Å². The Kier molecular flexibility index (Phi) is 3.76. The van der Waals surface area contributed by atoms with Crippen LogP contribution in [0.3, 0.4) is 0 Å². The van der Waals surface area contributed by atoms with Gasteiger partial charge in [-0.2, -0.15) is 0 Å². The molecule has 0 aliphatic rings. The van der Waals surface area contributed by atoms with Gasteiger partial charge in [-0.3, -0.25) is 0 Å². The molecular weight excluding hydrogens is 304 g/mol. The molecule has 3 nitrogen and oxygen atoms in total. The molecule has 0 atom stereocenters. The number of aromatic hydroxyl groups is 1. The van der Waals surface area contributed by atoms with E-state index in [1.807, 2.05) is 12.1 Å². The van der Waals surface area contributed by atoms with E-state index in [9.17, 15) is 5.11 Å². The summed E-state index contributed by atoms with van der Waals surface area (Å²) in [6.45, 7) is 0. The number of benzene rings is 1. The average molecular weight is 312 g/mol. The Morgan fingerprint density at radius 3 is 2.88 bits per heavy atom. The molecular formula is C12H8BrClN2O. The Morgan fingerprint density at radius 2 is 2.18 bits per heavy atom. The monoisotopic (exact) mass is 310 g/mol. The summed E-state index contributed by atoms with van der Waals surface area (Å²) >= 11 is 9.10. The van der Waals surface area contributed by atoms with Crippen LogP contribution in [-0.4, -0.2) is 16.3 Å². The number of hydrogen-bond acceptors (Lipinski definition) is 3. The summed E-state index contributed by atoms with van der Waals surface area (Å²) in [5.41, 5.74) is 0.537. The third-order valence-electron chi connectivity index (χ3n) is 2.04. The zero-order chi connectivity index (χ0) is 12.3. The molecule has 2 aromatic rings. The summed E-state index contributed by atoms with van der Waals surface area (Å²) in [4.78, 5) is 8.19. The van der Waals surface area contributed by atoms with Gasteiger partial charge >= 0.3 is 0 Å². The highest BCUT2D eigenvalue weighted by Gasteiger charge is 2.05. The van der Waals surface area contributed by atoms with Gasteiger partial charge in [-0.15, -0.1) is 0 Å². The maximum atomic E-state index is 9.78. The number of phenols is 1. The molecule has 17 heavy (non-hydrogen) atoms. The molecule has 0 saturated carbocycles. The molecule has 1 N–H and O–H groups in total. The molecule has 1 aromatic carbocycles. The Balaban J connectivity index is 2.33. The van der Waals surface area contributed by atoms with Crippen molar-refractivity contribution in [3.05, 3.63) is 51.6 Å². The lowest BCUT2D eigenvalue weighted by Gasteiger charge is -2.02. The third kappa shape index (κ3) is 3.05. The molecule has 0 bridgehead atoms. The largest absolute Gasteiger partial charge is 0.506 e. The number of aromatic nitrogens is 1. The minimum Gasteiger partial charge on any atom is -0.506 e. The van der Waals surface area contributed by atoms with Gasteiger partial charge in [0.2, 0.25) is 0 Å². The van der Waals surface area contributed by atoms with Crippen LogP contribution in [0, 0.1) is 0 Å². The van der Waals surface area contributed by atoms with Gasteiger partial charge in [0.1, 0.15) is 5.75 Å². The lowest BCUT2D eigenvalue weighted by molar-refractivity contribution is 0.471. The summed E-state index contributed by atoms with van der Waals surface area (Å²) in [6, 6.07) is 8.68. The van der Waals surface area contributed by atoms with Crippen LogP contribution in [0.5, 0.6) is 5.75 Å². The van der Waals surface area contributed by atoms with Crippen LogP contribution in [0.1, 0.15) is 5.56 Å². The predicted octanol–water partition coefficient (Wildman–Crippen LogP) is 3.95. The first kappa shape index (κ1) is 12.1. The highest BCUT2D eigenvalue weighted by atomic mass is 79.9. The quantitative estimate of drug-likeness (QED) is 0.853. The number of pyridine rings is 1. The van der Waals surface area contributed by atoms with E-state index in [4.69, 9.17) is 11.6 Å². The van der Waals surface area contributed by atoms with Crippen LogP contribution in [0.4, 0.5) is 5.82 Å². The Labute approximate surface area is 112 Å². The maximum absolute atomic E-state index is 9.78. The molecule has 1 aromatic heterocycles. The van der Waals surface area contributed by atoms with Crippen molar-refractivity contribution in [1.29, 1.82) is 0 Å². The molecule has 0 saturated heterocycles.